The standard InChI is InChI=1S/C7H12F3NO/c1-11-4-2-6(12,3-5-11)7(8,9)10/h11-12H,1-5H2. The fourth-order valence-electron chi connectivity index (χ4n) is 1.30. The fourth-order valence-corrected chi connectivity index (χ4v) is 1.30. The van der Waals surface area contributed by atoms with Crippen LogP contribution in [0.5, 0.6) is 0 Å². The molecule has 72 valence electrons. The Morgan fingerprint density at radius 3 is 2.00 bits per heavy atom. The van der Waals surface area contributed by atoms with Gasteiger partial charge in [0.1, 0.15) is 0 Å². The van der Waals surface area contributed by atoms with Gasteiger partial charge in [0.15, 0.2) is 5.60 Å². The van der Waals surface area contributed by atoms with Crippen LogP contribution in [0.3, 0.4) is 0 Å². The van der Waals surface area contributed by atoms with Crippen molar-refractivity contribution in [2.75, 3.05) is 13.1 Å². The molecule has 0 aromatic rings. The largest absolute Gasteiger partial charge is 0.468 e. The predicted octanol–water partition coefficient (Wildman–Crippen LogP) is -0.250. The summed E-state index contributed by atoms with van der Waals surface area (Å²) in [5.41, 5.74) is -2.46. The van der Waals surface area contributed by atoms with Gasteiger partial charge in [-0.15, -0.1) is 0 Å². The van der Waals surface area contributed by atoms with Crippen molar-refractivity contribution in [3.63, 3.8) is 0 Å². The Labute approximate surface area is 69.0 Å². The Hall–Kier alpha value is -0.290. The third-order valence-electron chi connectivity index (χ3n) is 2.31. The molecule has 0 spiro atoms. The lowest BCUT2D eigenvalue weighted by atomic mass is 9.91. The van der Waals surface area contributed by atoms with Gasteiger partial charge in [0.25, 0.3) is 0 Å². The second kappa shape index (κ2) is 2.88. The molecule has 0 aliphatic carbocycles. The number of likely N-dealkylation sites (tertiary alicyclic amines) is 1. The van der Waals surface area contributed by atoms with Gasteiger partial charge in [0.05, 0.1) is 13.1 Å². The number of piperidine rings is 1. The minimum atomic E-state index is -4.49. The van der Waals surface area contributed by atoms with Crippen LogP contribution < -0.4 is 4.90 Å². The van der Waals surface area contributed by atoms with Crippen molar-refractivity contribution in [1.29, 1.82) is 0 Å². The van der Waals surface area contributed by atoms with Crippen molar-refractivity contribution in [2.45, 2.75) is 24.6 Å². The first-order valence-corrected chi connectivity index (χ1v) is 3.81. The lowest BCUT2D eigenvalue weighted by Crippen LogP contribution is -3.09. The lowest BCUT2D eigenvalue weighted by Gasteiger charge is -2.38. The summed E-state index contributed by atoms with van der Waals surface area (Å²) in [6.45, 7) is 0.548. The maximum Gasteiger partial charge on any atom is 0.417 e. The van der Waals surface area contributed by atoms with Crippen molar-refractivity contribution in [1.82, 2.24) is 0 Å². The quantitative estimate of drug-likeness (QED) is 0.497. The highest BCUT2D eigenvalue weighted by Crippen LogP contribution is 2.35. The third-order valence-corrected chi connectivity index (χ3v) is 2.31. The summed E-state index contributed by atoms with van der Waals surface area (Å²) in [6.07, 6.45) is -4.97. The van der Waals surface area contributed by atoms with Crippen LogP contribution in [-0.4, -0.2) is 30.0 Å². The molecule has 1 fully saturated rings. The van der Waals surface area contributed by atoms with Gasteiger partial charge < -0.3 is 10.0 Å². The summed E-state index contributed by atoms with van der Waals surface area (Å²) in [7, 11) is 3.58. The van der Waals surface area contributed by atoms with E-state index >= 15 is 0 Å². The van der Waals surface area contributed by atoms with Crippen molar-refractivity contribution >= 4 is 0 Å². The van der Waals surface area contributed by atoms with Crippen LogP contribution >= 0.6 is 0 Å². The second-order valence-electron chi connectivity index (χ2n) is 3.28. The van der Waals surface area contributed by atoms with E-state index in [9.17, 15) is 13.2 Å². The molecule has 1 saturated heterocycles. The molecule has 1 aliphatic heterocycles. The van der Waals surface area contributed by atoms with Crippen molar-refractivity contribution < 1.29 is 23.2 Å². The molecule has 12 heavy (non-hydrogen) atoms. The third kappa shape index (κ3) is 1.72. The van der Waals surface area contributed by atoms with Crippen molar-refractivity contribution in [2.24, 2.45) is 0 Å². The highest BCUT2D eigenvalue weighted by atomic mass is 19.4. The number of hydrogen-bond acceptors (Lipinski definition) is 1. The van der Waals surface area contributed by atoms with E-state index < -0.39 is 11.8 Å². The average molecular weight is 183 g/mol. The summed E-state index contributed by atoms with van der Waals surface area (Å²) in [6, 6.07) is 0. The number of nitrogens with one attached hydrogen (secondary N) is 1. The molecule has 1 heterocycles. The van der Waals surface area contributed by atoms with E-state index in [1.165, 1.54) is 0 Å². The van der Waals surface area contributed by atoms with Crippen LogP contribution in [0.2, 0.25) is 0 Å². The number of hydrogen-bond donors (Lipinski definition) is 2. The number of alkyl halides is 3. The Morgan fingerprint density at radius 2 is 1.67 bits per heavy atom. The zero-order valence-electron chi connectivity index (χ0n) is 6.62. The molecule has 0 atom stereocenters. The molecule has 0 unspecified atom stereocenters. The van der Waals surface area contributed by atoms with E-state index in [4.69, 9.17) is 5.11 Å². The van der Waals surface area contributed by atoms with Gasteiger partial charge in [-0.05, 0) is 0 Å². The van der Waals surface area contributed by atoms with Crippen molar-refractivity contribution in [3.05, 3.63) is 7.05 Å². The van der Waals surface area contributed by atoms with Gasteiger partial charge in [-0.3, -0.25) is 0 Å². The van der Waals surface area contributed by atoms with Crippen LogP contribution in [0.1, 0.15) is 12.8 Å². The number of rotatable bonds is 0. The maximum absolute atomic E-state index is 12.2. The summed E-state index contributed by atoms with van der Waals surface area (Å²) >= 11 is 0. The molecule has 0 radical (unpaired) electrons. The normalized spacial score (nSPS) is 38.2. The van der Waals surface area contributed by atoms with Crippen LogP contribution in [0, 0.1) is 7.05 Å². The fraction of sp³-hybridized carbons (Fsp3) is 0.857. The summed E-state index contributed by atoms with van der Waals surface area (Å²) < 4.78 is 36.5. The van der Waals surface area contributed by atoms with E-state index in [1.807, 2.05) is 0 Å². The molecular formula is C7H12F3NO. The highest BCUT2D eigenvalue weighted by Gasteiger charge is 2.54. The van der Waals surface area contributed by atoms with E-state index in [0.717, 1.165) is 4.90 Å². The number of aliphatic hydroxyl groups is 1. The summed E-state index contributed by atoms with van der Waals surface area (Å²) in [4.78, 5) is 0.795. The summed E-state index contributed by atoms with van der Waals surface area (Å²) in [5, 5.41) is 9.16. The smallest absolute Gasteiger partial charge is 0.417 e. The molecule has 0 amide bonds. The molecule has 0 saturated carbocycles. The molecule has 2 N–H and O–H groups in total. The van der Waals surface area contributed by atoms with Gasteiger partial charge in [-0.2, -0.15) is 20.2 Å². The van der Waals surface area contributed by atoms with Crippen LogP contribution in [0.4, 0.5) is 13.2 Å². The number of quaternary nitrogens is 1. The maximum atomic E-state index is 12.2. The zero-order valence-corrected chi connectivity index (χ0v) is 6.62. The first-order valence-electron chi connectivity index (χ1n) is 3.81. The molecule has 0 aromatic carbocycles. The first kappa shape index (κ1) is 9.80. The van der Waals surface area contributed by atoms with E-state index in [0.29, 0.717) is 0 Å². The van der Waals surface area contributed by atoms with Crippen LogP contribution in [0.25, 0.3) is 0 Å². The monoisotopic (exact) mass is 183 g/mol. The molecule has 5 heteroatoms. The van der Waals surface area contributed by atoms with Crippen LogP contribution in [-0.2, 0) is 0 Å². The van der Waals surface area contributed by atoms with Crippen LogP contribution in [0.15, 0.2) is 0 Å². The lowest BCUT2D eigenvalue weighted by molar-refractivity contribution is -0.863. The Kier molecular flexibility index (Phi) is 2.35. The zero-order chi connectivity index (χ0) is 9.41. The van der Waals surface area contributed by atoms with E-state index in [-0.39, 0.29) is 25.9 Å². The predicted molar refractivity (Wildman–Crippen MR) is 36.3 cm³/mol. The average Bonchev–Trinajstić information content (AvgIpc) is 1.93. The Bertz CT molecular complexity index is 161. The second-order valence-corrected chi connectivity index (χ2v) is 3.28. The highest BCUT2D eigenvalue weighted by molar-refractivity contribution is 4.87. The van der Waals surface area contributed by atoms with Gasteiger partial charge in [-0.1, -0.05) is 0 Å². The molecular weight excluding hydrogens is 171 g/mol. The van der Waals surface area contributed by atoms with E-state index in [2.05, 4.69) is 7.05 Å². The molecule has 2 nitrogen and oxygen atoms in total. The van der Waals surface area contributed by atoms with Gasteiger partial charge in [-0.25, -0.2) is 0 Å². The number of halogens is 3. The van der Waals surface area contributed by atoms with Gasteiger partial charge >= 0.3 is 6.18 Å². The molecule has 0 aromatic heterocycles. The Morgan fingerprint density at radius 1 is 1.25 bits per heavy atom. The topological polar surface area (TPSA) is 24.7 Å². The van der Waals surface area contributed by atoms with Crippen molar-refractivity contribution in [3.8, 4) is 0 Å². The minimum absolute atomic E-state index is 0.241. The molecule has 1 rings (SSSR count). The first-order chi connectivity index (χ1) is 5.35. The molecule has 0 bridgehead atoms. The van der Waals surface area contributed by atoms with Gasteiger partial charge in [0.2, 0.25) is 0 Å². The minimum Gasteiger partial charge on any atom is -0.468 e. The van der Waals surface area contributed by atoms with E-state index in [1.54, 1.807) is 0 Å². The Balaban J connectivity index is 2.62. The van der Waals surface area contributed by atoms with Gasteiger partial charge in [0, 0.05) is 12.8 Å². The SMILES string of the molecule is [CH2-][NH+]1CCC(O)(C(F)(F)F)CC1. The molecule has 1 aliphatic rings. The summed E-state index contributed by atoms with van der Waals surface area (Å²) in [5.74, 6) is 0.